The summed E-state index contributed by atoms with van der Waals surface area (Å²) in [7, 11) is 0. The summed E-state index contributed by atoms with van der Waals surface area (Å²) in [6, 6.07) is 7.07. The van der Waals surface area contributed by atoms with E-state index < -0.39 is 0 Å². The molecule has 0 unspecified atom stereocenters. The molecule has 0 spiro atoms. The van der Waals surface area contributed by atoms with Gasteiger partial charge in [0, 0.05) is 67.6 Å². The molecule has 0 aromatic carbocycles. The van der Waals surface area contributed by atoms with Gasteiger partial charge in [0.15, 0.2) is 0 Å². The first-order chi connectivity index (χ1) is 13.2. The second-order valence-corrected chi connectivity index (χ2v) is 8.07. The van der Waals surface area contributed by atoms with Crippen molar-refractivity contribution in [1.82, 2.24) is 25.0 Å². The van der Waals surface area contributed by atoms with Crippen LogP contribution < -0.4 is 10.9 Å². The van der Waals surface area contributed by atoms with Crippen molar-refractivity contribution in [2.75, 3.05) is 26.2 Å². The Morgan fingerprint density at radius 1 is 1.11 bits per heavy atom. The highest BCUT2D eigenvalue weighted by molar-refractivity contribution is 5.85. The summed E-state index contributed by atoms with van der Waals surface area (Å²) in [4.78, 5) is 28.1. The van der Waals surface area contributed by atoms with Gasteiger partial charge in [-0.1, -0.05) is 6.07 Å². The van der Waals surface area contributed by atoms with Crippen molar-refractivity contribution < 1.29 is 4.79 Å². The first-order valence-electron chi connectivity index (χ1n) is 9.92. The van der Waals surface area contributed by atoms with E-state index in [0.29, 0.717) is 11.8 Å². The van der Waals surface area contributed by atoms with Crippen LogP contribution in [-0.4, -0.2) is 51.8 Å². The number of piperidine rings is 2. The van der Waals surface area contributed by atoms with E-state index in [1.807, 2.05) is 23.1 Å². The van der Waals surface area contributed by atoms with Crippen LogP contribution in [0.25, 0.3) is 0 Å². The Labute approximate surface area is 169 Å². The first-order valence-corrected chi connectivity index (χ1v) is 9.92. The van der Waals surface area contributed by atoms with E-state index in [4.69, 9.17) is 0 Å². The summed E-state index contributed by atoms with van der Waals surface area (Å²) < 4.78 is 1.79. The number of hydrogen-bond donors (Lipinski definition) is 2. The molecule has 0 aliphatic carbocycles. The highest BCUT2D eigenvalue weighted by Crippen LogP contribution is 2.40. The zero-order valence-corrected chi connectivity index (χ0v) is 16.5. The van der Waals surface area contributed by atoms with Crippen molar-refractivity contribution in [3.8, 4) is 0 Å². The number of nitrogens with one attached hydrogen (secondary N) is 2. The van der Waals surface area contributed by atoms with E-state index in [9.17, 15) is 9.59 Å². The van der Waals surface area contributed by atoms with Gasteiger partial charge in [0.1, 0.15) is 6.04 Å². The fourth-order valence-corrected chi connectivity index (χ4v) is 5.20. The topological polar surface area (TPSA) is 83.0 Å². The molecule has 3 aliphatic heterocycles. The summed E-state index contributed by atoms with van der Waals surface area (Å²) in [5, 5.41) is 10.6. The van der Waals surface area contributed by atoms with E-state index in [2.05, 4.69) is 15.5 Å². The number of hydrogen-bond acceptors (Lipinski definition) is 4. The van der Waals surface area contributed by atoms with Crippen LogP contribution in [0.3, 0.4) is 0 Å². The Bertz CT molecular complexity index is 888. The molecule has 2 saturated heterocycles. The molecule has 5 rings (SSSR count). The normalized spacial score (nSPS) is 27.0. The fraction of sp³-hybridized carbons (Fsp3) is 0.550. The van der Waals surface area contributed by atoms with Gasteiger partial charge in [-0.05, 0) is 31.4 Å². The molecule has 1 amide bonds. The Morgan fingerprint density at radius 3 is 2.68 bits per heavy atom. The highest BCUT2D eigenvalue weighted by Gasteiger charge is 2.43. The third kappa shape index (κ3) is 3.16. The molecule has 28 heavy (non-hydrogen) atoms. The molecule has 0 radical (unpaired) electrons. The highest BCUT2D eigenvalue weighted by atomic mass is 35.5. The molecule has 0 saturated carbocycles. The van der Waals surface area contributed by atoms with Gasteiger partial charge < -0.3 is 10.2 Å². The van der Waals surface area contributed by atoms with Gasteiger partial charge >= 0.3 is 0 Å². The molecule has 7 nitrogen and oxygen atoms in total. The predicted molar refractivity (Wildman–Crippen MR) is 108 cm³/mol. The molecule has 2 bridgehead atoms. The van der Waals surface area contributed by atoms with Gasteiger partial charge in [-0.3, -0.25) is 19.3 Å². The summed E-state index contributed by atoms with van der Waals surface area (Å²) in [6.07, 6.45) is 4.63. The van der Waals surface area contributed by atoms with E-state index in [0.717, 1.165) is 56.8 Å². The molecular formula is C20H26ClN5O2. The van der Waals surface area contributed by atoms with Gasteiger partial charge in [0.25, 0.3) is 5.56 Å². The number of likely N-dealkylation sites (tertiary alicyclic amines) is 1. The number of halogens is 1. The largest absolute Gasteiger partial charge is 0.341 e. The number of rotatable bonds is 2. The predicted octanol–water partition coefficient (Wildman–Crippen LogP) is 1.65. The zero-order valence-electron chi connectivity index (χ0n) is 15.7. The lowest BCUT2D eigenvalue weighted by atomic mass is 9.78. The number of pyridine rings is 1. The van der Waals surface area contributed by atoms with E-state index in [-0.39, 0.29) is 35.8 Å². The lowest BCUT2D eigenvalue weighted by Gasteiger charge is -2.44. The Kier molecular flexibility index (Phi) is 5.29. The number of fused-ring (bicyclic) bond motifs is 4. The Balaban J connectivity index is 0.00000192. The molecule has 3 atom stereocenters. The Morgan fingerprint density at radius 2 is 1.93 bits per heavy atom. The van der Waals surface area contributed by atoms with Gasteiger partial charge in [0.2, 0.25) is 5.91 Å². The van der Waals surface area contributed by atoms with Gasteiger partial charge in [-0.25, -0.2) is 0 Å². The molecule has 5 heterocycles. The van der Waals surface area contributed by atoms with Crippen LogP contribution in [0.15, 0.2) is 35.3 Å². The zero-order chi connectivity index (χ0) is 18.4. The van der Waals surface area contributed by atoms with Crippen molar-refractivity contribution in [1.29, 1.82) is 0 Å². The number of carbonyl (C=O) groups is 1. The fourth-order valence-electron chi connectivity index (χ4n) is 5.20. The number of carbonyl (C=O) groups excluding carboxylic acids is 1. The minimum atomic E-state index is -0.374. The number of amides is 1. The van der Waals surface area contributed by atoms with E-state index in [1.54, 1.807) is 16.8 Å². The van der Waals surface area contributed by atoms with Crippen molar-refractivity contribution >= 4 is 18.3 Å². The molecule has 2 aromatic heterocycles. The quantitative estimate of drug-likeness (QED) is 0.798. The lowest BCUT2D eigenvalue weighted by Crippen LogP contribution is -2.53. The van der Waals surface area contributed by atoms with Gasteiger partial charge in [-0.2, -0.15) is 5.10 Å². The Hall–Kier alpha value is -2.12. The maximum absolute atomic E-state index is 13.5. The van der Waals surface area contributed by atoms with Crippen LogP contribution >= 0.6 is 12.4 Å². The number of aromatic amines is 1. The standard InChI is InChI=1S/C20H25N5O2.ClH/c26-18-3-1-2-17-14-10-15(12-21-11-14)19(25(17)18)20(27)24-8-5-13(6-9-24)16-4-7-22-23-16;/h1-4,7,13-15,19,21H,5-6,8-12H2,(H,22,23);1H/t14-,15+,19-;/m1./s1. The molecule has 3 aliphatic rings. The summed E-state index contributed by atoms with van der Waals surface area (Å²) in [5.74, 6) is 1.06. The average molecular weight is 404 g/mol. The maximum Gasteiger partial charge on any atom is 0.251 e. The lowest BCUT2D eigenvalue weighted by molar-refractivity contribution is -0.138. The number of nitrogens with zero attached hydrogens (tertiary/aromatic N) is 3. The second kappa shape index (κ2) is 7.72. The maximum atomic E-state index is 13.5. The van der Waals surface area contributed by atoms with Crippen LogP contribution in [0.4, 0.5) is 0 Å². The molecule has 150 valence electrons. The van der Waals surface area contributed by atoms with Crippen molar-refractivity contribution in [3.63, 3.8) is 0 Å². The van der Waals surface area contributed by atoms with Crippen LogP contribution in [0.5, 0.6) is 0 Å². The minimum Gasteiger partial charge on any atom is -0.341 e. The summed E-state index contributed by atoms with van der Waals surface area (Å²) in [5.41, 5.74) is 2.12. The van der Waals surface area contributed by atoms with Crippen molar-refractivity contribution in [2.45, 2.75) is 37.1 Å². The minimum absolute atomic E-state index is 0. The smallest absolute Gasteiger partial charge is 0.251 e. The van der Waals surface area contributed by atoms with Gasteiger partial charge in [0.05, 0.1) is 0 Å². The summed E-state index contributed by atoms with van der Waals surface area (Å²) in [6.45, 7) is 3.16. The van der Waals surface area contributed by atoms with E-state index >= 15 is 0 Å². The second-order valence-electron chi connectivity index (χ2n) is 8.07. The van der Waals surface area contributed by atoms with Crippen LogP contribution in [0.2, 0.25) is 0 Å². The van der Waals surface area contributed by atoms with E-state index in [1.165, 1.54) is 0 Å². The number of aromatic nitrogens is 3. The molecular weight excluding hydrogens is 378 g/mol. The molecule has 2 fully saturated rings. The van der Waals surface area contributed by atoms with Crippen molar-refractivity contribution in [3.05, 3.63) is 52.2 Å². The van der Waals surface area contributed by atoms with Crippen LogP contribution in [0, 0.1) is 5.92 Å². The molecule has 2 N–H and O–H groups in total. The average Bonchev–Trinajstić information content (AvgIpc) is 3.24. The van der Waals surface area contributed by atoms with Gasteiger partial charge in [-0.15, -0.1) is 12.4 Å². The molecule has 8 heteroatoms. The molecule has 2 aromatic rings. The van der Waals surface area contributed by atoms with Crippen LogP contribution in [0.1, 0.15) is 48.5 Å². The third-order valence-corrected chi connectivity index (χ3v) is 6.57. The SMILES string of the molecule is Cl.O=C([C@H]1[C@@H]2CNC[C@@H](C2)c2cccc(=O)n21)N1CCC(c2ccn[nH]2)CC1. The summed E-state index contributed by atoms with van der Waals surface area (Å²) >= 11 is 0. The van der Waals surface area contributed by atoms with Crippen LogP contribution in [-0.2, 0) is 4.79 Å². The first kappa shape index (κ1) is 19.2. The third-order valence-electron chi connectivity index (χ3n) is 6.57. The monoisotopic (exact) mass is 403 g/mol. The number of H-pyrrole nitrogens is 1. The van der Waals surface area contributed by atoms with Crippen molar-refractivity contribution in [2.24, 2.45) is 5.92 Å².